The molecular formula is C14H27N5O. The fraction of sp³-hybridized carbons (Fsp3) is 0.857. The van der Waals surface area contributed by atoms with Crippen LogP contribution in [0.25, 0.3) is 0 Å². The van der Waals surface area contributed by atoms with E-state index in [1.165, 1.54) is 0 Å². The Morgan fingerprint density at radius 2 is 2.10 bits per heavy atom. The molecule has 6 heteroatoms. The first-order valence-corrected chi connectivity index (χ1v) is 7.38. The van der Waals surface area contributed by atoms with Gasteiger partial charge in [-0.05, 0) is 39.5 Å². The van der Waals surface area contributed by atoms with Gasteiger partial charge in [-0.2, -0.15) is 4.98 Å². The van der Waals surface area contributed by atoms with Gasteiger partial charge in [-0.15, -0.1) is 5.10 Å². The van der Waals surface area contributed by atoms with Gasteiger partial charge in [0.25, 0.3) is 0 Å². The van der Waals surface area contributed by atoms with E-state index < -0.39 is 0 Å². The highest BCUT2D eigenvalue weighted by molar-refractivity contribution is 5.29. The van der Waals surface area contributed by atoms with Gasteiger partial charge in [0.15, 0.2) is 0 Å². The Labute approximate surface area is 121 Å². The summed E-state index contributed by atoms with van der Waals surface area (Å²) < 4.78 is 5.42. The van der Waals surface area contributed by atoms with Crippen molar-refractivity contribution in [2.45, 2.75) is 51.7 Å². The number of aromatic amines is 1. The Bertz CT molecular complexity index is 421. The van der Waals surface area contributed by atoms with Crippen LogP contribution in [0.5, 0.6) is 0 Å². The quantitative estimate of drug-likeness (QED) is 0.851. The second-order valence-corrected chi connectivity index (χ2v) is 6.41. The van der Waals surface area contributed by atoms with Crippen LogP contribution < -0.4 is 10.6 Å². The van der Waals surface area contributed by atoms with Crippen LogP contribution in [0.15, 0.2) is 0 Å². The molecule has 1 aromatic heterocycles. The number of H-pyrrole nitrogens is 1. The van der Waals surface area contributed by atoms with Crippen molar-refractivity contribution in [3.8, 4) is 0 Å². The van der Waals surface area contributed by atoms with Gasteiger partial charge in [0.05, 0.1) is 5.60 Å². The summed E-state index contributed by atoms with van der Waals surface area (Å²) in [5, 5.41) is 7.35. The SMILES string of the molecule is COC(C)(C)Cc1nc(N2CCC(C(C)N)CC2)n[nH]1. The van der Waals surface area contributed by atoms with Crippen LogP contribution in [-0.4, -0.2) is 47.0 Å². The summed E-state index contributed by atoms with van der Waals surface area (Å²) in [7, 11) is 1.72. The number of nitrogens with zero attached hydrogens (tertiary/aromatic N) is 3. The third-order valence-corrected chi connectivity index (χ3v) is 4.23. The zero-order valence-electron chi connectivity index (χ0n) is 13.0. The lowest BCUT2D eigenvalue weighted by Gasteiger charge is -2.32. The predicted octanol–water partition coefficient (Wildman–Crippen LogP) is 1.34. The van der Waals surface area contributed by atoms with Gasteiger partial charge >= 0.3 is 0 Å². The van der Waals surface area contributed by atoms with Crippen molar-refractivity contribution in [3.63, 3.8) is 0 Å². The zero-order chi connectivity index (χ0) is 14.8. The van der Waals surface area contributed by atoms with Crippen molar-refractivity contribution in [3.05, 3.63) is 5.82 Å². The molecule has 2 heterocycles. The molecule has 0 bridgehead atoms. The van der Waals surface area contributed by atoms with Gasteiger partial charge in [-0.3, -0.25) is 5.10 Å². The number of methoxy groups -OCH3 is 1. The molecule has 114 valence electrons. The van der Waals surface area contributed by atoms with E-state index in [-0.39, 0.29) is 11.6 Å². The highest BCUT2D eigenvalue weighted by atomic mass is 16.5. The maximum Gasteiger partial charge on any atom is 0.244 e. The van der Waals surface area contributed by atoms with Crippen LogP contribution in [-0.2, 0) is 11.2 Å². The van der Waals surface area contributed by atoms with Crippen LogP contribution in [0.2, 0.25) is 0 Å². The molecule has 6 nitrogen and oxygen atoms in total. The molecule has 1 saturated heterocycles. The number of rotatable bonds is 5. The summed E-state index contributed by atoms with van der Waals surface area (Å²) in [5.74, 6) is 2.30. The fourth-order valence-electron chi connectivity index (χ4n) is 2.61. The molecule has 1 fully saturated rings. The van der Waals surface area contributed by atoms with Crippen molar-refractivity contribution in [1.82, 2.24) is 15.2 Å². The van der Waals surface area contributed by atoms with Crippen LogP contribution in [0, 0.1) is 5.92 Å². The molecule has 1 aliphatic heterocycles. The Balaban J connectivity index is 1.93. The van der Waals surface area contributed by atoms with Crippen LogP contribution in [0.4, 0.5) is 5.95 Å². The van der Waals surface area contributed by atoms with Crippen molar-refractivity contribution < 1.29 is 4.74 Å². The molecule has 0 saturated carbocycles. The Kier molecular flexibility index (Phi) is 4.65. The zero-order valence-corrected chi connectivity index (χ0v) is 13.0. The summed E-state index contributed by atoms with van der Waals surface area (Å²) in [4.78, 5) is 6.82. The molecule has 20 heavy (non-hydrogen) atoms. The summed E-state index contributed by atoms with van der Waals surface area (Å²) >= 11 is 0. The summed E-state index contributed by atoms with van der Waals surface area (Å²) in [6, 6.07) is 0.280. The van der Waals surface area contributed by atoms with Gasteiger partial charge in [-0.1, -0.05) is 0 Å². The highest BCUT2D eigenvalue weighted by Crippen LogP contribution is 2.23. The highest BCUT2D eigenvalue weighted by Gasteiger charge is 2.25. The van der Waals surface area contributed by atoms with Gasteiger partial charge in [0.2, 0.25) is 5.95 Å². The van der Waals surface area contributed by atoms with E-state index in [0.29, 0.717) is 5.92 Å². The molecule has 0 radical (unpaired) electrons. The Hall–Kier alpha value is -1.14. The molecule has 0 aliphatic carbocycles. The second kappa shape index (κ2) is 6.10. The third-order valence-electron chi connectivity index (χ3n) is 4.23. The second-order valence-electron chi connectivity index (χ2n) is 6.41. The van der Waals surface area contributed by atoms with Crippen LogP contribution >= 0.6 is 0 Å². The molecule has 0 aromatic carbocycles. The van der Waals surface area contributed by atoms with E-state index in [1.807, 2.05) is 13.8 Å². The number of nitrogens with one attached hydrogen (secondary N) is 1. The van der Waals surface area contributed by atoms with Gasteiger partial charge in [0.1, 0.15) is 5.82 Å². The molecular weight excluding hydrogens is 254 g/mol. The maximum absolute atomic E-state index is 5.97. The minimum atomic E-state index is -0.223. The van der Waals surface area contributed by atoms with Gasteiger partial charge < -0.3 is 15.4 Å². The van der Waals surface area contributed by atoms with E-state index in [2.05, 4.69) is 27.0 Å². The lowest BCUT2D eigenvalue weighted by Crippen LogP contribution is -2.40. The summed E-state index contributed by atoms with van der Waals surface area (Å²) in [6.07, 6.45) is 2.96. The Morgan fingerprint density at radius 1 is 1.45 bits per heavy atom. The smallest absolute Gasteiger partial charge is 0.244 e. The number of anilines is 1. The minimum Gasteiger partial charge on any atom is -0.378 e. The normalized spacial score (nSPS) is 19.4. The van der Waals surface area contributed by atoms with E-state index in [0.717, 1.165) is 44.1 Å². The molecule has 1 aliphatic rings. The van der Waals surface area contributed by atoms with E-state index in [4.69, 9.17) is 10.5 Å². The maximum atomic E-state index is 5.97. The monoisotopic (exact) mass is 281 g/mol. The van der Waals surface area contributed by atoms with Gasteiger partial charge in [-0.25, -0.2) is 0 Å². The first-order valence-electron chi connectivity index (χ1n) is 7.38. The first kappa shape index (κ1) is 15.3. The van der Waals surface area contributed by atoms with Crippen molar-refractivity contribution in [1.29, 1.82) is 0 Å². The topological polar surface area (TPSA) is 80.1 Å². The number of piperidine rings is 1. The lowest BCUT2D eigenvalue weighted by molar-refractivity contribution is 0.0216. The Morgan fingerprint density at radius 3 is 2.65 bits per heavy atom. The van der Waals surface area contributed by atoms with Crippen molar-refractivity contribution >= 4 is 5.95 Å². The largest absolute Gasteiger partial charge is 0.378 e. The van der Waals surface area contributed by atoms with E-state index in [1.54, 1.807) is 7.11 Å². The van der Waals surface area contributed by atoms with E-state index in [9.17, 15) is 0 Å². The molecule has 3 N–H and O–H groups in total. The first-order chi connectivity index (χ1) is 9.41. The molecule has 0 spiro atoms. The number of hydrogen-bond acceptors (Lipinski definition) is 5. The third kappa shape index (κ3) is 3.70. The number of aromatic nitrogens is 3. The lowest BCUT2D eigenvalue weighted by atomic mass is 9.91. The number of ether oxygens (including phenoxy) is 1. The van der Waals surface area contributed by atoms with Crippen molar-refractivity contribution in [2.24, 2.45) is 11.7 Å². The average Bonchev–Trinajstić information content (AvgIpc) is 2.86. The molecule has 1 aromatic rings. The minimum absolute atomic E-state index is 0.223. The molecule has 1 unspecified atom stereocenters. The molecule has 1 atom stereocenters. The molecule has 0 amide bonds. The van der Waals surface area contributed by atoms with Crippen LogP contribution in [0.1, 0.15) is 39.4 Å². The van der Waals surface area contributed by atoms with Crippen LogP contribution in [0.3, 0.4) is 0 Å². The number of nitrogens with two attached hydrogens (primary N) is 1. The number of hydrogen-bond donors (Lipinski definition) is 2. The average molecular weight is 281 g/mol. The summed E-state index contributed by atoms with van der Waals surface area (Å²) in [5.41, 5.74) is 5.75. The van der Waals surface area contributed by atoms with Gasteiger partial charge in [0, 0.05) is 32.7 Å². The summed E-state index contributed by atoms with van der Waals surface area (Å²) in [6.45, 7) is 8.15. The fourth-order valence-corrected chi connectivity index (χ4v) is 2.61. The molecule has 2 rings (SSSR count). The predicted molar refractivity (Wildman–Crippen MR) is 79.8 cm³/mol. The van der Waals surface area contributed by atoms with Crippen molar-refractivity contribution in [2.75, 3.05) is 25.1 Å². The standard InChI is InChI=1S/C14H27N5O/c1-10(15)11-5-7-19(8-6-11)13-16-12(17-18-13)9-14(2,3)20-4/h10-11H,5-9,15H2,1-4H3,(H,16,17,18). The van der Waals surface area contributed by atoms with E-state index >= 15 is 0 Å².